The Morgan fingerprint density at radius 2 is 2.09 bits per heavy atom. The van der Waals surface area contributed by atoms with Gasteiger partial charge in [0.1, 0.15) is 6.61 Å². The number of hydrogen-bond acceptors (Lipinski definition) is 6. The summed E-state index contributed by atoms with van der Waals surface area (Å²) < 4.78 is 30.1. The van der Waals surface area contributed by atoms with Crippen molar-refractivity contribution in [2.45, 2.75) is 17.9 Å². The maximum Gasteiger partial charge on any atom is 0.308 e. The average molecular weight is 327 g/mol. The molecule has 0 unspecified atom stereocenters. The van der Waals surface area contributed by atoms with Crippen LogP contribution in [-0.4, -0.2) is 45.5 Å². The van der Waals surface area contributed by atoms with Crippen LogP contribution in [0.15, 0.2) is 23.4 Å². The summed E-state index contributed by atoms with van der Waals surface area (Å²) in [4.78, 5) is 26.8. The summed E-state index contributed by atoms with van der Waals surface area (Å²) >= 11 is 0. The highest BCUT2D eigenvalue weighted by Gasteiger charge is 2.31. The van der Waals surface area contributed by atoms with E-state index in [1.165, 1.54) is 25.4 Å². The predicted molar refractivity (Wildman–Crippen MR) is 76.5 cm³/mol. The molecule has 0 saturated heterocycles. The van der Waals surface area contributed by atoms with E-state index in [9.17, 15) is 18.0 Å². The smallest absolute Gasteiger partial charge is 0.308 e. The molecule has 0 bridgehead atoms. The van der Waals surface area contributed by atoms with Gasteiger partial charge in [-0.05, 0) is 32.0 Å². The van der Waals surface area contributed by atoms with E-state index in [2.05, 4.69) is 15.0 Å². The summed E-state index contributed by atoms with van der Waals surface area (Å²) in [5, 5.41) is 2.40. The molecule has 1 fully saturated rings. The number of sulfonamides is 1. The molecule has 9 heteroatoms. The van der Waals surface area contributed by atoms with Crippen molar-refractivity contribution in [3.8, 4) is 0 Å². The third-order valence-corrected chi connectivity index (χ3v) is 4.41. The van der Waals surface area contributed by atoms with Crippen molar-refractivity contribution in [1.29, 1.82) is 0 Å². The zero-order valence-electron chi connectivity index (χ0n) is 12.0. The summed E-state index contributed by atoms with van der Waals surface area (Å²) in [7, 11) is -2.35. The zero-order chi connectivity index (χ0) is 16.2. The van der Waals surface area contributed by atoms with Crippen LogP contribution in [0.2, 0.25) is 0 Å². The molecule has 0 aliphatic heterocycles. The second-order valence-electron chi connectivity index (χ2n) is 4.79. The van der Waals surface area contributed by atoms with Crippen molar-refractivity contribution in [3.05, 3.63) is 23.9 Å². The van der Waals surface area contributed by atoms with E-state index in [4.69, 9.17) is 4.74 Å². The van der Waals surface area contributed by atoms with Gasteiger partial charge in [-0.2, -0.15) is 0 Å². The fraction of sp³-hybridized carbons (Fsp3) is 0.462. The molecule has 1 amide bonds. The van der Waals surface area contributed by atoms with Gasteiger partial charge >= 0.3 is 5.97 Å². The molecule has 8 nitrogen and oxygen atoms in total. The van der Waals surface area contributed by atoms with Crippen LogP contribution in [0.25, 0.3) is 0 Å². The third kappa shape index (κ3) is 4.25. The Hall–Kier alpha value is -2.00. The van der Waals surface area contributed by atoms with Gasteiger partial charge in [0.05, 0.1) is 18.0 Å². The Kier molecular flexibility index (Phi) is 5.09. The molecule has 120 valence electrons. The molecule has 0 spiro atoms. The largest absolute Gasteiger partial charge is 0.464 e. The van der Waals surface area contributed by atoms with Gasteiger partial charge in [0.25, 0.3) is 15.9 Å². The minimum atomic E-state index is -3.62. The van der Waals surface area contributed by atoms with Gasteiger partial charge in [0, 0.05) is 6.20 Å². The van der Waals surface area contributed by atoms with Gasteiger partial charge in [-0.15, -0.1) is 0 Å². The van der Waals surface area contributed by atoms with Gasteiger partial charge in [0.15, 0.2) is 5.03 Å². The molecular weight excluding hydrogens is 310 g/mol. The van der Waals surface area contributed by atoms with E-state index in [0.29, 0.717) is 0 Å². The fourth-order valence-electron chi connectivity index (χ4n) is 1.63. The number of carbonyl (C=O) groups is 2. The minimum Gasteiger partial charge on any atom is -0.464 e. The lowest BCUT2D eigenvalue weighted by atomic mass is 10.3. The number of carbonyl (C=O) groups excluding carboxylic acids is 2. The van der Waals surface area contributed by atoms with E-state index in [1.807, 2.05) is 0 Å². The molecule has 1 aliphatic rings. The van der Waals surface area contributed by atoms with Crippen LogP contribution >= 0.6 is 0 Å². The Morgan fingerprint density at radius 3 is 2.64 bits per heavy atom. The molecule has 0 radical (unpaired) electrons. The van der Waals surface area contributed by atoms with Crippen LogP contribution in [0, 0.1) is 5.92 Å². The van der Waals surface area contributed by atoms with Crippen LogP contribution in [0.4, 0.5) is 0 Å². The first kappa shape index (κ1) is 16.4. The van der Waals surface area contributed by atoms with Crippen LogP contribution in [-0.2, 0) is 19.6 Å². The second-order valence-corrected chi connectivity index (χ2v) is 6.62. The summed E-state index contributed by atoms with van der Waals surface area (Å²) in [5.41, 5.74) is 0.226. The van der Waals surface area contributed by atoms with Crippen LogP contribution in [0.1, 0.15) is 23.2 Å². The third-order valence-electron chi connectivity index (χ3n) is 3.09. The number of pyridine rings is 1. The first-order valence-electron chi connectivity index (χ1n) is 6.78. The lowest BCUT2D eigenvalue weighted by Gasteiger charge is -2.07. The van der Waals surface area contributed by atoms with Crippen molar-refractivity contribution in [2.24, 2.45) is 5.92 Å². The number of aromatic nitrogens is 1. The standard InChI is InChI=1S/C13H17N3O5S/c1-14-22(19,20)11-5-4-10(8-16-11)12(17)15-6-7-21-13(18)9-2-3-9/h4-5,8-9,14H,2-3,6-7H2,1H3,(H,15,17). The molecule has 1 aromatic rings. The van der Waals surface area contributed by atoms with E-state index in [1.54, 1.807) is 0 Å². The van der Waals surface area contributed by atoms with Gasteiger partial charge in [-0.3, -0.25) is 9.59 Å². The SMILES string of the molecule is CNS(=O)(=O)c1ccc(C(=O)NCCOC(=O)C2CC2)cn1. The quantitative estimate of drug-likeness (QED) is 0.524. The maximum absolute atomic E-state index is 11.8. The predicted octanol–water partition coefficient (Wildman–Crippen LogP) is -0.327. The number of esters is 1. The van der Waals surface area contributed by atoms with E-state index >= 15 is 0 Å². The first-order chi connectivity index (χ1) is 10.4. The maximum atomic E-state index is 11.8. The Bertz CT molecular complexity index is 653. The lowest BCUT2D eigenvalue weighted by Crippen LogP contribution is -2.28. The van der Waals surface area contributed by atoms with Crippen molar-refractivity contribution in [3.63, 3.8) is 0 Å². The molecular formula is C13H17N3O5S. The van der Waals surface area contributed by atoms with Crippen molar-refractivity contribution in [2.75, 3.05) is 20.2 Å². The van der Waals surface area contributed by atoms with Gasteiger partial charge in [-0.1, -0.05) is 0 Å². The van der Waals surface area contributed by atoms with Crippen molar-refractivity contribution >= 4 is 21.9 Å². The number of ether oxygens (including phenoxy) is 1. The summed E-state index contributed by atoms with van der Waals surface area (Å²) in [6.45, 7) is 0.300. The van der Waals surface area contributed by atoms with Crippen molar-refractivity contribution in [1.82, 2.24) is 15.0 Å². The number of rotatable bonds is 7. The summed E-state index contributed by atoms with van der Waals surface area (Å²) in [6, 6.07) is 2.61. The molecule has 1 aromatic heterocycles. The number of hydrogen-bond donors (Lipinski definition) is 2. The molecule has 2 N–H and O–H groups in total. The van der Waals surface area contributed by atoms with Gasteiger partial charge in [0.2, 0.25) is 0 Å². The number of nitrogens with one attached hydrogen (secondary N) is 2. The highest BCUT2D eigenvalue weighted by molar-refractivity contribution is 7.89. The molecule has 1 saturated carbocycles. The monoisotopic (exact) mass is 327 g/mol. The zero-order valence-corrected chi connectivity index (χ0v) is 12.9. The Morgan fingerprint density at radius 1 is 1.36 bits per heavy atom. The van der Waals surface area contributed by atoms with Crippen LogP contribution in [0.5, 0.6) is 0 Å². The first-order valence-corrected chi connectivity index (χ1v) is 8.27. The summed E-state index contributed by atoms with van der Waals surface area (Å²) in [5.74, 6) is -0.609. The summed E-state index contributed by atoms with van der Waals surface area (Å²) in [6.07, 6.45) is 2.92. The van der Waals surface area contributed by atoms with Crippen LogP contribution < -0.4 is 10.0 Å². The van der Waals surface area contributed by atoms with E-state index < -0.39 is 15.9 Å². The van der Waals surface area contributed by atoms with Crippen molar-refractivity contribution < 1.29 is 22.7 Å². The topological polar surface area (TPSA) is 114 Å². The highest BCUT2D eigenvalue weighted by atomic mass is 32.2. The highest BCUT2D eigenvalue weighted by Crippen LogP contribution is 2.29. The fourth-order valence-corrected chi connectivity index (χ4v) is 2.28. The lowest BCUT2D eigenvalue weighted by molar-refractivity contribution is -0.144. The Labute approximate surface area is 128 Å². The number of nitrogens with zero attached hydrogens (tertiary/aromatic N) is 1. The average Bonchev–Trinajstić information content (AvgIpc) is 3.36. The van der Waals surface area contributed by atoms with Gasteiger partial charge < -0.3 is 10.1 Å². The molecule has 22 heavy (non-hydrogen) atoms. The molecule has 1 aliphatic carbocycles. The molecule has 0 aromatic carbocycles. The normalized spacial score (nSPS) is 14.4. The second kappa shape index (κ2) is 6.84. The molecule has 2 rings (SSSR count). The van der Waals surface area contributed by atoms with E-state index in [0.717, 1.165) is 12.8 Å². The number of amides is 1. The van der Waals surface area contributed by atoms with E-state index in [-0.39, 0.29) is 35.6 Å². The molecule has 1 heterocycles. The van der Waals surface area contributed by atoms with Crippen LogP contribution in [0.3, 0.4) is 0 Å². The minimum absolute atomic E-state index is 0.0292. The Balaban J connectivity index is 1.81. The molecule has 0 atom stereocenters. The van der Waals surface area contributed by atoms with Gasteiger partial charge in [-0.25, -0.2) is 18.1 Å².